The first-order valence-corrected chi connectivity index (χ1v) is 9.59. The highest BCUT2D eigenvalue weighted by Crippen LogP contribution is 2.47. The van der Waals surface area contributed by atoms with Crippen LogP contribution in [0.15, 0.2) is 24.3 Å². The number of benzene rings is 2. The highest BCUT2D eigenvalue weighted by Gasteiger charge is 2.35. The third kappa shape index (κ3) is 3.00. The molecule has 4 rings (SSSR count). The number of halogens is 2. The van der Waals surface area contributed by atoms with Crippen molar-refractivity contribution in [3.05, 3.63) is 47.0 Å². The van der Waals surface area contributed by atoms with Crippen molar-refractivity contribution in [2.45, 2.75) is 51.4 Å². The van der Waals surface area contributed by atoms with Gasteiger partial charge in [0.05, 0.1) is 0 Å². The van der Waals surface area contributed by atoms with E-state index in [4.69, 9.17) is 5.11 Å². The first-order valence-electron chi connectivity index (χ1n) is 9.59. The molecule has 2 fully saturated rings. The van der Waals surface area contributed by atoms with Crippen LogP contribution >= 0.6 is 0 Å². The second kappa shape index (κ2) is 6.64. The Morgan fingerprint density at radius 2 is 1.77 bits per heavy atom. The van der Waals surface area contributed by atoms with Crippen molar-refractivity contribution in [1.29, 1.82) is 0 Å². The summed E-state index contributed by atoms with van der Waals surface area (Å²) in [6.45, 7) is 2.35. The molecule has 0 heterocycles. The maximum Gasteiger partial charge on any atom is 0.341 e. The van der Waals surface area contributed by atoms with Crippen molar-refractivity contribution in [3.63, 3.8) is 0 Å². The maximum atomic E-state index is 14.4. The summed E-state index contributed by atoms with van der Waals surface area (Å²) in [5, 5.41) is 9.63. The molecule has 1 N–H and O–H groups in total. The quantitative estimate of drug-likeness (QED) is 0.700. The molecule has 0 spiro atoms. The zero-order chi connectivity index (χ0) is 18.4. The first-order chi connectivity index (χ1) is 12.4. The van der Waals surface area contributed by atoms with Gasteiger partial charge in [0.25, 0.3) is 0 Å². The molecule has 4 unspecified atom stereocenters. The van der Waals surface area contributed by atoms with Gasteiger partial charge in [-0.1, -0.05) is 31.5 Å². The molecule has 2 aromatic carbocycles. The summed E-state index contributed by atoms with van der Waals surface area (Å²) in [5.41, 5.74) is 0.249. The Hall–Kier alpha value is -1.97. The molecule has 138 valence electrons. The fraction of sp³-hybridized carbons (Fsp3) is 0.500. The highest BCUT2D eigenvalue weighted by atomic mass is 19.1. The molecule has 0 amide bonds. The van der Waals surface area contributed by atoms with Crippen molar-refractivity contribution in [3.8, 4) is 0 Å². The van der Waals surface area contributed by atoms with E-state index in [-0.39, 0.29) is 5.39 Å². The number of rotatable bonds is 2. The minimum Gasteiger partial charge on any atom is -0.477 e. The molecule has 4 atom stereocenters. The predicted molar refractivity (Wildman–Crippen MR) is 97.4 cm³/mol. The van der Waals surface area contributed by atoms with Gasteiger partial charge in [0.2, 0.25) is 0 Å². The molecule has 2 aromatic rings. The summed E-state index contributed by atoms with van der Waals surface area (Å²) >= 11 is 0. The minimum absolute atomic E-state index is 0.174. The van der Waals surface area contributed by atoms with Crippen LogP contribution in [0.1, 0.15) is 67.3 Å². The van der Waals surface area contributed by atoms with Gasteiger partial charge in [0, 0.05) is 5.39 Å². The van der Waals surface area contributed by atoms with Crippen LogP contribution in [-0.4, -0.2) is 11.1 Å². The van der Waals surface area contributed by atoms with Crippen LogP contribution in [0.3, 0.4) is 0 Å². The van der Waals surface area contributed by atoms with E-state index in [2.05, 4.69) is 6.92 Å². The van der Waals surface area contributed by atoms with E-state index in [1.807, 2.05) is 12.1 Å². The summed E-state index contributed by atoms with van der Waals surface area (Å²) in [4.78, 5) is 11.1. The third-order valence-electron chi connectivity index (χ3n) is 6.61. The maximum absolute atomic E-state index is 14.4. The van der Waals surface area contributed by atoms with Crippen LogP contribution in [0.4, 0.5) is 8.78 Å². The predicted octanol–water partition coefficient (Wildman–Crippen LogP) is 6.14. The minimum atomic E-state index is -1.57. The lowest BCUT2D eigenvalue weighted by atomic mass is 9.64. The van der Waals surface area contributed by atoms with Crippen LogP contribution in [0.5, 0.6) is 0 Å². The van der Waals surface area contributed by atoms with Crippen LogP contribution in [0.2, 0.25) is 0 Å². The van der Waals surface area contributed by atoms with E-state index < -0.39 is 23.2 Å². The largest absolute Gasteiger partial charge is 0.477 e. The van der Waals surface area contributed by atoms with Crippen molar-refractivity contribution in [1.82, 2.24) is 0 Å². The standard InChI is InChI=1S/C22H24F2O2/c1-12-2-3-14-9-15(5-4-13(14)8-12)16-6-7-18-17(10-16)11-19(23)20(21(18)24)22(25)26/h6-7,10-15H,2-5,8-9H2,1H3,(H,25,26). The highest BCUT2D eigenvalue weighted by molar-refractivity contribution is 5.95. The summed E-state index contributed by atoms with van der Waals surface area (Å²) in [7, 11) is 0. The molecule has 2 aliphatic carbocycles. The van der Waals surface area contributed by atoms with E-state index >= 15 is 0 Å². The molecule has 0 aliphatic heterocycles. The molecule has 4 heteroatoms. The van der Waals surface area contributed by atoms with Gasteiger partial charge in [-0.05, 0) is 72.8 Å². The summed E-state index contributed by atoms with van der Waals surface area (Å²) in [5.74, 6) is -0.696. The fourth-order valence-corrected chi connectivity index (χ4v) is 5.23. The van der Waals surface area contributed by atoms with Gasteiger partial charge in [-0.25, -0.2) is 13.6 Å². The smallest absolute Gasteiger partial charge is 0.341 e. The lowest BCUT2D eigenvalue weighted by Crippen LogP contribution is -2.29. The Balaban J connectivity index is 1.64. The van der Waals surface area contributed by atoms with Crippen LogP contribution in [0.25, 0.3) is 10.8 Å². The van der Waals surface area contributed by atoms with Crippen LogP contribution < -0.4 is 0 Å². The Morgan fingerprint density at radius 3 is 2.54 bits per heavy atom. The topological polar surface area (TPSA) is 37.3 Å². The lowest BCUT2D eigenvalue weighted by molar-refractivity contribution is 0.0687. The normalized spacial score (nSPS) is 28.7. The van der Waals surface area contributed by atoms with Gasteiger partial charge in [0.1, 0.15) is 17.2 Å². The van der Waals surface area contributed by atoms with Crippen molar-refractivity contribution in [2.75, 3.05) is 0 Å². The summed E-state index contributed by atoms with van der Waals surface area (Å²) in [6.07, 6.45) is 7.45. The second-order valence-electron chi connectivity index (χ2n) is 8.28. The van der Waals surface area contributed by atoms with Crippen LogP contribution in [-0.2, 0) is 0 Å². The molecular weight excluding hydrogens is 334 g/mol. The fourth-order valence-electron chi connectivity index (χ4n) is 5.23. The van der Waals surface area contributed by atoms with Gasteiger partial charge in [0.15, 0.2) is 0 Å². The molecular formula is C22H24F2O2. The van der Waals surface area contributed by atoms with Crippen molar-refractivity contribution in [2.24, 2.45) is 17.8 Å². The zero-order valence-electron chi connectivity index (χ0n) is 15.0. The number of hydrogen-bond acceptors (Lipinski definition) is 1. The van der Waals surface area contributed by atoms with Crippen molar-refractivity contribution < 1.29 is 18.7 Å². The molecule has 2 nitrogen and oxygen atoms in total. The number of carbonyl (C=O) groups is 1. The second-order valence-corrected chi connectivity index (χ2v) is 8.28. The molecule has 2 saturated carbocycles. The van der Waals surface area contributed by atoms with Crippen molar-refractivity contribution >= 4 is 16.7 Å². The first kappa shape index (κ1) is 17.4. The summed E-state index contributed by atoms with van der Waals surface area (Å²) < 4.78 is 28.4. The molecule has 0 saturated heterocycles. The lowest BCUT2D eigenvalue weighted by Gasteiger charge is -2.41. The Bertz CT molecular complexity index is 861. The van der Waals surface area contributed by atoms with E-state index in [0.717, 1.165) is 42.2 Å². The molecule has 2 aliphatic rings. The summed E-state index contributed by atoms with van der Waals surface area (Å²) in [6, 6.07) is 6.51. The molecule has 0 aromatic heterocycles. The third-order valence-corrected chi connectivity index (χ3v) is 6.61. The van der Waals surface area contributed by atoms with E-state index in [9.17, 15) is 13.6 Å². The van der Waals surface area contributed by atoms with E-state index in [1.54, 1.807) is 6.07 Å². The Kier molecular flexibility index (Phi) is 4.45. The molecule has 0 bridgehead atoms. The average molecular weight is 358 g/mol. The van der Waals surface area contributed by atoms with Gasteiger partial charge < -0.3 is 5.11 Å². The molecule has 26 heavy (non-hydrogen) atoms. The monoisotopic (exact) mass is 358 g/mol. The number of aromatic carboxylic acids is 1. The number of carboxylic acids is 1. The average Bonchev–Trinajstić information content (AvgIpc) is 2.60. The molecule has 0 radical (unpaired) electrons. The Morgan fingerprint density at radius 1 is 1.04 bits per heavy atom. The Labute approximate surface area is 152 Å². The van der Waals surface area contributed by atoms with Gasteiger partial charge in [-0.15, -0.1) is 0 Å². The van der Waals surface area contributed by atoms with Crippen LogP contribution in [0, 0.1) is 29.4 Å². The van der Waals surface area contributed by atoms with E-state index in [0.29, 0.717) is 11.3 Å². The SMILES string of the molecule is CC1CCC2CC(c3ccc4c(F)c(C(=O)O)c(F)cc4c3)CCC2C1. The van der Waals surface area contributed by atoms with Gasteiger partial charge in [-0.2, -0.15) is 0 Å². The number of hydrogen-bond donors (Lipinski definition) is 1. The zero-order valence-corrected chi connectivity index (χ0v) is 15.0. The van der Waals surface area contributed by atoms with E-state index in [1.165, 1.54) is 25.7 Å². The number of carboxylic acid groups (broad SMARTS) is 1. The van der Waals surface area contributed by atoms with Gasteiger partial charge in [-0.3, -0.25) is 0 Å². The van der Waals surface area contributed by atoms with Gasteiger partial charge >= 0.3 is 5.97 Å². The number of fused-ring (bicyclic) bond motifs is 2.